The van der Waals surface area contributed by atoms with E-state index in [-0.39, 0.29) is 29.6 Å². The van der Waals surface area contributed by atoms with Crippen LogP contribution in [0.4, 0.5) is 5.69 Å². The molecule has 0 radical (unpaired) electrons. The van der Waals surface area contributed by atoms with Gasteiger partial charge in [-0.25, -0.2) is 18.4 Å². The van der Waals surface area contributed by atoms with E-state index in [1.807, 2.05) is 30.3 Å². The van der Waals surface area contributed by atoms with Crippen molar-refractivity contribution in [3.05, 3.63) is 114 Å². The summed E-state index contributed by atoms with van der Waals surface area (Å²) >= 11 is 1.51. The SMILES string of the molecule is C[C@@H]1[C@H](CSc2ncccn2)O[C@H](c2cccc(NS(=O)(=O)c3ccccc3)c2)O[C@@H]1c1ccc(CO)cc1. The largest absolute Gasteiger partial charge is 0.392 e. The normalized spacial score (nSPS) is 21.4. The van der Waals surface area contributed by atoms with Gasteiger partial charge in [0.2, 0.25) is 0 Å². The fraction of sp³-hybridized carbons (Fsp3) is 0.241. The minimum atomic E-state index is -3.75. The highest BCUT2D eigenvalue weighted by molar-refractivity contribution is 7.99. The summed E-state index contributed by atoms with van der Waals surface area (Å²) in [5.74, 6) is 0.605. The van der Waals surface area contributed by atoms with E-state index < -0.39 is 16.3 Å². The average Bonchev–Trinajstić information content (AvgIpc) is 2.97. The van der Waals surface area contributed by atoms with Crippen molar-refractivity contribution in [2.75, 3.05) is 10.5 Å². The summed E-state index contributed by atoms with van der Waals surface area (Å²) in [5.41, 5.74) is 2.90. The maximum atomic E-state index is 12.9. The summed E-state index contributed by atoms with van der Waals surface area (Å²) in [6, 6.07) is 24.8. The van der Waals surface area contributed by atoms with Gasteiger partial charge in [0.05, 0.1) is 23.7 Å². The Labute approximate surface area is 232 Å². The number of rotatable bonds is 9. The first-order chi connectivity index (χ1) is 18.9. The highest BCUT2D eigenvalue weighted by atomic mass is 32.2. The molecule has 39 heavy (non-hydrogen) atoms. The zero-order chi connectivity index (χ0) is 27.2. The number of nitrogens with one attached hydrogen (secondary N) is 1. The Morgan fingerprint density at radius 2 is 1.64 bits per heavy atom. The molecule has 1 aliphatic rings. The lowest BCUT2D eigenvalue weighted by atomic mass is 9.91. The number of aromatic nitrogens is 2. The first-order valence-electron chi connectivity index (χ1n) is 12.5. The van der Waals surface area contributed by atoms with Crippen molar-refractivity contribution in [2.24, 2.45) is 5.92 Å². The summed E-state index contributed by atoms with van der Waals surface area (Å²) in [6.45, 7) is 2.05. The summed E-state index contributed by atoms with van der Waals surface area (Å²) in [6.07, 6.45) is 2.19. The van der Waals surface area contributed by atoms with Crippen LogP contribution in [0.15, 0.2) is 107 Å². The molecule has 2 N–H and O–H groups in total. The molecule has 4 atom stereocenters. The number of aliphatic hydroxyl groups is 1. The van der Waals surface area contributed by atoms with Crippen LogP contribution < -0.4 is 4.72 Å². The molecule has 0 amide bonds. The fourth-order valence-corrected chi connectivity index (χ4v) is 6.43. The van der Waals surface area contributed by atoms with E-state index in [1.165, 1.54) is 11.8 Å². The van der Waals surface area contributed by atoms with Gasteiger partial charge in [-0.3, -0.25) is 4.72 Å². The number of hydrogen-bond donors (Lipinski definition) is 2. The van der Waals surface area contributed by atoms with Crippen molar-refractivity contribution in [3.8, 4) is 0 Å². The van der Waals surface area contributed by atoms with Crippen LogP contribution >= 0.6 is 11.8 Å². The Kier molecular flexibility index (Phi) is 8.59. The number of aliphatic hydroxyl groups excluding tert-OH is 1. The van der Waals surface area contributed by atoms with Crippen molar-refractivity contribution in [1.29, 1.82) is 0 Å². The molecule has 8 nitrogen and oxygen atoms in total. The molecule has 1 saturated heterocycles. The van der Waals surface area contributed by atoms with Crippen LogP contribution in [-0.4, -0.2) is 35.3 Å². The molecule has 0 unspecified atom stereocenters. The molecule has 10 heteroatoms. The molecular formula is C29H29N3O5S2. The zero-order valence-corrected chi connectivity index (χ0v) is 22.9. The van der Waals surface area contributed by atoms with Gasteiger partial charge in [-0.05, 0) is 41.5 Å². The Bertz CT molecular complexity index is 1470. The molecule has 3 aromatic carbocycles. The van der Waals surface area contributed by atoms with Crippen molar-refractivity contribution < 1.29 is 23.0 Å². The number of ether oxygens (including phenoxy) is 2. The lowest BCUT2D eigenvalue weighted by Gasteiger charge is -2.41. The molecule has 4 aromatic rings. The van der Waals surface area contributed by atoms with E-state index in [1.54, 1.807) is 67.0 Å². The summed E-state index contributed by atoms with van der Waals surface area (Å²) in [5, 5.41) is 10.1. The van der Waals surface area contributed by atoms with Gasteiger partial charge >= 0.3 is 0 Å². The van der Waals surface area contributed by atoms with E-state index in [2.05, 4.69) is 21.6 Å². The van der Waals surface area contributed by atoms with E-state index in [0.29, 0.717) is 22.2 Å². The van der Waals surface area contributed by atoms with Crippen molar-refractivity contribution in [3.63, 3.8) is 0 Å². The third kappa shape index (κ3) is 6.66. The Morgan fingerprint density at radius 1 is 0.897 bits per heavy atom. The first-order valence-corrected chi connectivity index (χ1v) is 15.0. The van der Waals surface area contributed by atoms with Crippen LogP contribution in [0.25, 0.3) is 0 Å². The molecule has 5 rings (SSSR count). The number of thioether (sulfide) groups is 1. The molecule has 0 spiro atoms. The molecule has 0 aliphatic carbocycles. The molecule has 2 heterocycles. The number of sulfonamides is 1. The van der Waals surface area contributed by atoms with Crippen molar-refractivity contribution in [1.82, 2.24) is 9.97 Å². The molecule has 1 aliphatic heterocycles. The minimum absolute atomic E-state index is 0.00259. The topological polar surface area (TPSA) is 111 Å². The third-order valence-electron chi connectivity index (χ3n) is 6.51. The van der Waals surface area contributed by atoms with Gasteiger partial charge in [-0.15, -0.1) is 0 Å². The lowest BCUT2D eigenvalue weighted by molar-refractivity contribution is -0.268. The van der Waals surface area contributed by atoms with Crippen LogP contribution in [0, 0.1) is 5.92 Å². The van der Waals surface area contributed by atoms with Gasteiger partial charge < -0.3 is 14.6 Å². The smallest absolute Gasteiger partial charge is 0.261 e. The van der Waals surface area contributed by atoms with Gasteiger partial charge in [-0.2, -0.15) is 0 Å². The first kappa shape index (κ1) is 27.3. The zero-order valence-electron chi connectivity index (χ0n) is 21.3. The molecule has 0 bridgehead atoms. The molecule has 1 fully saturated rings. The minimum Gasteiger partial charge on any atom is -0.392 e. The quantitative estimate of drug-likeness (QED) is 0.207. The summed E-state index contributed by atoms with van der Waals surface area (Å²) < 4.78 is 41.4. The second-order valence-corrected chi connectivity index (χ2v) is 11.9. The van der Waals surface area contributed by atoms with Gasteiger partial charge in [-0.1, -0.05) is 73.3 Å². The number of nitrogens with zero attached hydrogens (tertiary/aromatic N) is 2. The number of hydrogen-bond acceptors (Lipinski definition) is 8. The van der Waals surface area contributed by atoms with Gasteiger partial charge in [0.1, 0.15) is 0 Å². The average molecular weight is 564 g/mol. The summed E-state index contributed by atoms with van der Waals surface area (Å²) in [7, 11) is -3.75. The van der Waals surface area contributed by atoms with Crippen LogP contribution in [0.5, 0.6) is 0 Å². The predicted octanol–water partition coefficient (Wildman–Crippen LogP) is 5.35. The Hall–Kier alpha value is -3.28. The second-order valence-electron chi connectivity index (χ2n) is 9.21. The molecule has 202 valence electrons. The van der Waals surface area contributed by atoms with Crippen LogP contribution in [0.2, 0.25) is 0 Å². The third-order valence-corrected chi connectivity index (χ3v) is 8.87. The predicted molar refractivity (Wildman–Crippen MR) is 149 cm³/mol. The Balaban J connectivity index is 1.40. The van der Waals surface area contributed by atoms with Crippen LogP contribution in [0.1, 0.15) is 36.0 Å². The maximum Gasteiger partial charge on any atom is 0.261 e. The number of benzene rings is 3. The fourth-order valence-electron chi connectivity index (χ4n) is 4.39. The Morgan fingerprint density at radius 3 is 2.36 bits per heavy atom. The van der Waals surface area contributed by atoms with Gasteiger partial charge in [0.25, 0.3) is 10.0 Å². The van der Waals surface area contributed by atoms with Crippen molar-refractivity contribution >= 4 is 27.5 Å². The van der Waals surface area contributed by atoms with E-state index in [9.17, 15) is 13.5 Å². The second kappa shape index (κ2) is 12.3. The van der Waals surface area contributed by atoms with Gasteiger partial charge in [0, 0.05) is 35.3 Å². The van der Waals surface area contributed by atoms with Crippen LogP contribution in [-0.2, 0) is 26.1 Å². The van der Waals surface area contributed by atoms with E-state index >= 15 is 0 Å². The van der Waals surface area contributed by atoms with Crippen LogP contribution in [0.3, 0.4) is 0 Å². The maximum absolute atomic E-state index is 12.9. The number of anilines is 1. The monoisotopic (exact) mass is 563 g/mol. The highest BCUT2D eigenvalue weighted by Crippen LogP contribution is 2.43. The van der Waals surface area contributed by atoms with E-state index in [4.69, 9.17) is 9.47 Å². The molecular weight excluding hydrogens is 534 g/mol. The highest BCUT2D eigenvalue weighted by Gasteiger charge is 2.38. The van der Waals surface area contributed by atoms with Crippen molar-refractivity contribution in [2.45, 2.75) is 42.1 Å². The van der Waals surface area contributed by atoms with Gasteiger partial charge in [0.15, 0.2) is 11.4 Å². The standard InChI is InChI=1S/C29H29N3O5S2/c1-20-26(19-38-29-30-15-6-16-31-29)36-28(37-27(20)22-13-11-21(18-33)12-14-22)23-7-5-8-24(17-23)32-39(34,35)25-9-3-2-4-10-25/h2-17,20,26-28,32-33H,18-19H2,1H3/t20-,26+,27+,28+/m1/s1. The lowest BCUT2D eigenvalue weighted by Crippen LogP contribution is -2.38. The van der Waals surface area contributed by atoms with E-state index in [0.717, 1.165) is 11.1 Å². The molecule has 1 aromatic heterocycles. The summed E-state index contributed by atoms with van der Waals surface area (Å²) in [4.78, 5) is 8.80. The molecule has 0 saturated carbocycles.